The summed E-state index contributed by atoms with van der Waals surface area (Å²) in [5.41, 5.74) is 4.30. The lowest BCUT2D eigenvalue weighted by Crippen LogP contribution is -1.94. The van der Waals surface area contributed by atoms with Gasteiger partial charge in [0, 0.05) is 24.1 Å². The maximum Gasteiger partial charge on any atom is 0.156 e. The summed E-state index contributed by atoms with van der Waals surface area (Å²) in [5.74, 6) is 0. The zero-order valence-electron chi connectivity index (χ0n) is 10.7. The van der Waals surface area contributed by atoms with Gasteiger partial charge in [-0.1, -0.05) is 6.07 Å². The first-order valence-electron chi connectivity index (χ1n) is 6.35. The van der Waals surface area contributed by atoms with Gasteiger partial charge >= 0.3 is 0 Å². The Hall–Kier alpha value is -1.79. The molecule has 0 aliphatic rings. The standard InChI is InChI=1S/C14H13BrN4O/c15-12-8-17-14-13(19-12)10(7-16-14)11-5-1-3-9(18-11)4-2-6-20/h1,3,5,7-8,20H,2,4,6H2,(H,16,17). The fraction of sp³-hybridized carbons (Fsp3) is 0.214. The summed E-state index contributed by atoms with van der Waals surface area (Å²) in [7, 11) is 0. The second kappa shape index (κ2) is 5.68. The van der Waals surface area contributed by atoms with Crippen LogP contribution in [0.2, 0.25) is 0 Å². The summed E-state index contributed by atoms with van der Waals surface area (Å²) < 4.78 is 0.697. The van der Waals surface area contributed by atoms with Crippen molar-refractivity contribution in [2.75, 3.05) is 6.61 Å². The molecule has 0 bridgehead atoms. The highest BCUT2D eigenvalue weighted by Crippen LogP contribution is 2.26. The molecule has 0 aliphatic carbocycles. The number of halogens is 1. The molecule has 3 rings (SSSR count). The number of aryl methyl sites for hydroxylation is 1. The average molecular weight is 333 g/mol. The molecule has 0 saturated carbocycles. The van der Waals surface area contributed by atoms with E-state index in [9.17, 15) is 0 Å². The van der Waals surface area contributed by atoms with Gasteiger partial charge in [0.05, 0.1) is 11.9 Å². The van der Waals surface area contributed by atoms with Crippen molar-refractivity contribution in [1.29, 1.82) is 0 Å². The van der Waals surface area contributed by atoms with E-state index in [0.29, 0.717) is 4.60 Å². The Morgan fingerprint density at radius 1 is 1.25 bits per heavy atom. The van der Waals surface area contributed by atoms with E-state index >= 15 is 0 Å². The first-order chi connectivity index (χ1) is 9.78. The van der Waals surface area contributed by atoms with Gasteiger partial charge < -0.3 is 10.1 Å². The molecule has 0 aliphatic heterocycles. The van der Waals surface area contributed by atoms with E-state index in [1.807, 2.05) is 24.4 Å². The van der Waals surface area contributed by atoms with Crippen molar-refractivity contribution in [2.45, 2.75) is 12.8 Å². The van der Waals surface area contributed by atoms with E-state index in [1.165, 1.54) is 0 Å². The van der Waals surface area contributed by atoms with Gasteiger partial charge in [-0.25, -0.2) is 9.97 Å². The van der Waals surface area contributed by atoms with Gasteiger partial charge in [0.15, 0.2) is 5.65 Å². The lowest BCUT2D eigenvalue weighted by atomic mass is 10.1. The normalized spacial score (nSPS) is 11.1. The Morgan fingerprint density at radius 2 is 2.15 bits per heavy atom. The summed E-state index contributed by atoms with van der Waals surface area (Å²) in [5, 5.41) is 8.90. The average Bonchev–Trinajstić information content (AvgIpc) is 2.88. The van der Waals surface area contributed by atoms with Crippen molar-refractivity contribution in [3.63, 3.8) is 0 Å². The van der Waals surface area contributed by atoms with Crippen LogP contribution in [-0.4, -0.2) is 31.6 Å². The smallest absolute Gasteiger partial charge is 0.156 e. The molecule has 0 radical (unpaired) electrons. The van der Waals surface area contributed by atoms with Crippen LogP contribution in [0.3, 0.4) is 0 Å². The summed E-state index contributed by atoms with van der Waals surface area (Å²) in [6.45, 7) is 0.178. The van der Waals surface area contributed by atoms with E-state index in [1.54, 1.807) is 6.20 Å². The zero-order valence-corrected chi connectivity index (χ0v) is 12.3. The fourth-order valence-electron chi connectivity index (χ4n) is 2.09. The Bertz CT molecular complexity index is 741. The lowest BCUT2D eigenvalue weighted by Gasteiger charge is -2.03. The number of nitrogens with zero attached hydrogens (tertiary/aromatic N) is 3. The molecule has 0 fully saturated rings. The van der Waals surface area contributed by atoms with Gasteiger partial charge in [-0.15, -0.1) is 0 Å². The van der Waals surface area contributed by atoms with Crippen LogP contribution in [0.15, 0.2) is 35.2 Å². The molecule has 0 atom stereocenters. The van der Waals surface area contributed by atoms with E-state index in [0.717, 1.165) is 41.0 Å². The Kier molecular flexibility index (Phi) is 3.75. The van der Waals surface area contributed by atoms with Crippen LogP contribution < -0.4 is 0 Å². The number of aromatic amines is 1. The zero-order chi connectivity index (χ0) is 13.9. The van der Waals surface area contributed by atoms with Crippen molar-refractivity contribution in [1.82, 2.24) is 19.9 Å². The molecule has 3 aromatic rings. The number of hydrogen-bond donors (Lipinski definition) is 2. The molecule has 3 heterocycles. The molecule has 0 unspecified atom stereocenters. The highest BCUT2D eigenvalue weighted by Gasteiger charge is 2.10. The van der Waals surface area contributed by atoms with Crippen LogP contribution in [0.1, 0.15) is 12.1 Å². The second-order valence-corrected chi connectivity index (χ2v) is 5.25. The Balaban J connectivity index is 2.04. The number of H-pyrrole nitrogens is 1. The van der Waals surface area contributed by atoms with Crippen LogP contribution in [0.5, 0.6) is 0 Å². The minimum atomic E-state index is 0.178. The first kappa shape index (κ1) is 13.2. The van der Waals surface area contributed by atoms with E-state index in [-0.39, 0.29) is 6.61 Å². The number of aliphatic hydroxyl groups is 1. The second-order valence-electron chi connectivity index (χ2n) is 4.43. The minimum Gasteiger partial charge on any atom is -0.396 e. The van der Waals surface area contributed by atoms with Crippen molar-refractivity contribution < 1.29 is 5.11 Å². The molecule has 0 spiro atoms. The van der Waals surface area contributed by atoms with Crippen LogP contribution in [0.4, 0.5) is 0 Å². The Morgan fingerprint density at radius 3 is 3.00 bits per heavy atom. The molecule has 0 amide bonds. The molecular formula is C14H13BrN4O. The topological polar surface area (TPSA) is 74.7 Å². The van der Waals surface area contributed by atoms with Gasteiger partial charge in [-0.05, 0) is 40.9 Å². The molecular weight excluding hydrogens is 320 g/mol. The number of aliphatic hydroxyl groups excluding tert-OH is 1. The molecule has 0 saturated heterocycles. The molecule has 102 valence electrons. The van der Waals surface area contributed by atoms with Crippen LogP contribution in [0, 0.1) is 0 Å². The van der Waals surface area contributed by atoms with E-state index in [2.05, 4.69) is 35.9 Å². The van der Waals surface area contributed by atoms with Crippen LogP contribution >= 0.6 is 15.9 Å². The fourth-order valence-corrected chi connectivity index (χ4v) is 2.37. The van der Waals surface area contributed by atoms with Gasteiger partial charge in [0.1, 0.15) is 10.1 Å². The van der Waals surface area contributed by atoms with Crippen molar-refractivity contribution >= 4 is 27.1 Å². The Labute approximate surface area is 124 Å². The third-order valence-corrected chi connectivity index (χ3v) is 3.41. The predicted molar refractivity (Wildman–Crippen MR) is 80.2 cm³/mol. The van der Waals surface area contributed by atoms with Gasteiger partial charge in [-0.2, -0.15) is 0 Å². The molecule has 0 aromatic carbocycles. The number of fused-ring (bicyclic) bond motifs is 1. The highest BCUT2D eigenvalue weighted by atomic mass is 79.9. The predicted octanol–water partition coefficient (Wildman–Crippen LogP) is 2.71. The monoisotopic (exact) mass is 332 g/mol. The van der Waals surface area contributed by atoms with E-state index < -0.39 is 0 Å². The van der Waals surface area contributed by atoms with Gasteiger partial charge in [0.2, 0.25) is 0 Å². The van der Waals surface area contributed by atoms with Gasteiger partial charge in [0.25, 0.3) is 0 Å². The van der Waals surface area contributed by atoms with E-state index in [4.69, 9.17) is 5.11 Å². The quantitative estimate of drug-likeness (QED) is 0.770. The minimum absolute atomic E-state index is 0.178. The van der Waals surface area contributed by atoms with Crippen LogP contribution in [0.25, 0.3) is 22.4 Å². The first-order valence-corrected chi connectivity index (χ1v) is 7.14. The van der Waals surface area contributed by atoms with Crippen molar-refractivity contribution in [3.8, 4) is 11.3 Å². The van der Waals surface area contributed by atoms with Gasteiger partial charge in [-0.3, -0.25) is 4.98 Å². The van der Waals surface area contributed by atoms with Crippen molar-refractivity contribution in [2.24, 2.45) is 0 Å². The largest absolute Gasteiger partial charge is 0.396 e. The third-order valence-electron chi connectivity index (χ3n) is 3.03. The van der Waals surface area contributed by atoms with Crippen molar-refractivity contribution in [3.05, 3.63) is 40.9 Å². The number of nitrogens with one attached hydrogen (secondary N) is 1. The molecule has 20 heavy (non-hydrogen) atoms. The number of hydrogen-bond acceptors (Lipinski definition) is 4. The molecule has 3 aromatic heterocycles. The number of aromatic nitrogens is 4. The summed E-state index contributed by atoms with van der Waals surface area (Å²) in [6, 6.07) is 5.89. The molecule has 5 nitrogen and oxygen atoms in total. The summed E-state index contributed by atoms with van der Waals surface area (Å²) in [4.78, 5) is 16.4. The third kappa shape index (κ3) is 2.57. The number of pyridine rings is 1. The van der Waals surface area contributed by atoms with Crippen LogP contribution in [-0.2, 0) is 6.42 Å². The summed E-state index contributed by atoms with van der Waals surface area (Å²) >= 11 is 3.34. The maximum absolute atomic E-state index is 8.90. The molecule has 6 heteroatoms. The highest BCUT2D eigenvalue weighted by molar-refractivity contribution is 9.10. The lowest BCUT2D eigenvalue weighted by molar-refractivity contribution is 0.288. The number of rotatable bonds is 4. The SMILES string of the molecule is OCCCc1cccc(-c2c[nH]c3ncc(Br)nc23)n1. The maximum atomic E-state index is 8.90. The summed E-state index contributed by atoms with van der Waals surface area (Å²) in [6.07, 6.45) is 5.01. The molecule has 2 N–H and O–H groups in total.